The first kappa shape index (κ1) is 23.7. The Bertz CT molecular complexity index is 1080. The van der Waals surface area contributed by atoms with E-state index >= 15 is 0 Å². The zero-order valence-electron chi connectivity index (χ0n) is 20.8. The normalized spacial score (nSPS) is 31.4. The van der Waals surface area contributed by atoms with Crippen LogP contribution in [0, 0.1) is 11.8 Å². The Morgan fingerprint density at radius 1 is 0.914 bits per heavy atom. The summed E-state index contributed by atoms with van der Waals surface area (Å²) < 4.78 is 29.0. The lowest BCUT2D eigenvalue weighted by Crippen LogP contribution is -2.61. The van der Waals surface area contributed by atoms with Crippen LogP contribution in [0.1, 0.15) is 35.1 Å². The number of aryl methyl sites for hydroxylation is 2. The molecule has 4 fully saturated rings. The quantitative estimate of drug-likeness (QED) is 0.566. The summed E-state index contributed by atoms with van der Waals surface area (Å²) in [5, 5.41) is 6.30. The number of fused-ring (bicyclic) bond motifs is 4. The second-order valence-corrected chi connectivity index (χ2v) is 13.0. The SMILES string of the molecule is CN1CC2CN(S(=O)(=O)NC(=O)Nc3c4c(cc5c3CCC5)CCC4)C2C1.CN1CC2CNC2C1. The largest absolute Gasteiger partial charge is 0.333 e. The lowest BCUT2D eigenvalue weighted by Gasteiger charge is -2.41. The number of nitrogens with zero attached hydrogens (tertiary/aromatic N) is 3. The molecule has 0 spiro atoms. The molecule has 3 N–H and O–H groups in total. The average molecular weight is 503 g/mol. The van der Waals surface area contributed by atoms with Crippen LogP contribution in [0.5, 0.6) is 0 Å². The van der Waals surface area contributed by atoms with Crippen LogP contribution in [-0.2, 0) is 35.9 Å². The van der Waals surface area contributed by atoms with Gasteiger partial charge >= 0.3 is 16.2 Å². The number of hydrogen-bond donors (Lipinski definition) is 3. The van der Waals surface area contributed by atoms with E-state index in [-0.39, 0.29) is 6.04 Å². The molecule has 4 heterocycles. The highest BCUT2D eigenvalue weighted by molar-refractivity contribution is 7.87. The molecule has 4 atom stereocenters. The second-order valence-electron chi connectivity index (χ2n) is 11.4. The zero-order chi connectivity index (χ0) is 24.3. The minimum absolute atomic E-state index is 0.00878. The van der Waals surface area contributed by atoms with Gasteiger partial charge in [-0.05, 0) is 74.9 Å². The van der Waals surface area contributed by atoms with Crippen LogP contribution in [0.25, 0.3) is 0 Å². The summed E-state index contributed by atoms with van der Waals surface area (Å²) in [6, 6.07) is 2.49. The Morgan fingerprint density at radius 2 is 1.57 bits per heavy atom. The third kappa shape index (κ3) is 4.37. The smallest absolute Gasteiger partial charge is 0.312 e. The molecule has 1 aromatic carbocycles. The summed E-state index contributed by atoms with van der Waals surface area (Å²) in [7, 11) is 0.390. The summed E-state index contributed by atoms with van der Waals surface area (Å²) in [4.78, 5) is 17.1. The van der Waals surface area contributed by atoms with Crippen LogP contribution in [0.15, 0.2) is 6.07 Å². The van der Waals surface area contributed by atoms with E-state index in [4.69, 9.17) is 0 Å². The summed E-state index contributed by atoms with van der Waals surface area (Å²) in [5.41, 5.74) is 5.89. The fourth-order valence-electron chi connectivity index (χ4n) is 7.02. The zero-order valence-corrected chi connectivity index (χ0v) is 21.7. The van der Waals surface area contributed by atoms with Gasteiger partial charge in [0.05, 0.1) is 0 Å². The van der Waals surface area contributed by atoms with E-state index in [0.29, 0.717) is 12.5 Å². The van der Waals surface area contributed by atoms with Crippen molar-refractivity contribution in [1.29, 1.82) is 0 Å². The number of amides is 2. The van der Waals surface area contributed by atoms with Crippen molar-refractivity contribution in [3.63, 3.8) is 0 Å². The number of likely N-dealkylation sites (N-methyl/N-ethyl adjacent to an activating group) is 2. The second kappa shape index (κ2) is 8.99. The van der Waals surface area contributed by atoms with Crippen molar-refractivity contribution in [2.75, 3.05) is 58.7 Å². The molecule has 0 saturated carbocycles. The molecule has 10 heteroatoms. The van der Waals surface area contributed by atoms with E-state index < -0.39 is 16.2 Å². The maximum Gasteiger partial charge on any atom is 0.333 e. The summed E-state index contributed by atoms with van der Waals surface area (Å²) in [5.74, 6) is 1.37. The van der Waals surface area contributed by atoms with Gasteiger partial charge in [-0.3, -0.25) is 0 Å². The fraction of sp³-hybridized carbons (Fsp3) is 0.720. The number of rotatable bonds is 3. The van der Waals surface area contributed by atoms with Crippen molar-refractivity contribution in [3.05, 3.63) is 28.3 Å². The van der Waals surface area contributed by atoms with Gasteiger partial charge in [0.15, 0.2) is 0 Å². The molecule has 0 radical (unpaired) electrons. The van der Waals surface area contributed by atoms with Gasteiger partial charge in [-0.15, -0.1) is 0 Å². The molecule has 4 aliphatic heterocycles. The Labute approximate surface area is 208 Å². The average Bonchev–Trinajstić information content (AvgIpc) is 3.54. The first-order valence-corrected chi connectivity index (χ1v) is 14.6. The van der Waals surface area contributed by atoms with Crippen LogP contribution < -0.4 is 15.4 Å². The van der Waals surface area contributed by atoms with E-state index in [2.05, 4.69) is 38.3 Å². The van der Waals surface area contributed by atoms with Crippen molar-refractivity contribution in [2.24, 2.45) is 11.8 Å². The molecular weight excluding hydrogens is 464 g/mol. The third-order valence-electron chi connectivity index (χ3n) is 8.88. The van der Waals surface area contributed by atoms with E-state index in [9.17, 15) is 13.2 Å². The van der Waals surface area contributed by atoms with Crippen molar-refractivity contribution in [2.45, 2.75) is 50.6 Å². The maximum absolute atomic E-state index is 12.7. The summed E-state index contributed by atoms with van der Waals surface area (Å²) >= 11 is 0. The summed E-state index contributed by atoms with van der Waals surface area (Å²) in [6.45, 7) is 5.99. The molecule has 9 nitrogen and oxygen atoms in total. The number of carbonyl (C=O) groups excluding carboxylic acids is 1. The lowest BCUT2D eigenvalue weighted by atomic mass is 9.96. The number of nitrogens with one attached hydrogen (secondary N) is 3. The van der Waals surface area contributed by atoms with Crippen LogP contribution in [0.3, 0.4) is 0 Å². The van der Waals surface area contributed by atoms with Gasteiger partial charge in [-0.1, -0.05) is 6.07 Å². The first-order chi connectivity index (χ1) is 16.8. The van der Waals surface area contributed by atoms with Gasteiger partial charge in [-0.25, -0.2) is 9.52 Å². The Kier molecular flexibility index (Phi) is 6.08. The number of benzene rings is 1. The standard InChI is InChI=1S/C19H26N4O3S.C6H12N2/c1-22-9-14-10-23(17(14)11-22)27(25,26)21-19(24)20-18-15-6-2-4-12(15)8-13-5-3-7-16(13)18;1-8-3-5-2-7-6(5)4-8/h8,14,17H,2-7,9-11H2,1H3,(H2,20,21,24);5-7H,2-4H2,1H3. The highest BCUT2D eigenvalue weighted by Gasteiger charge is 2.50. The Morgan fingerprint density at radius 3 is 2.11 bits per heavy atom. The van der Waals surface area contributed by atoms with Gasteiger partial charge in [0, 0.05) is 68.9 Å². The first-order valence-electron chi connectivity index (χ1n) is 13.2. The van der Waals surface area contributed by atoms with Crippen LogP contribution in [-0.4, -0.2) is 94.0 Å². The monoisotopic (exact) mass is 502 g/mol. The highest BCUT2D eigenvalue weighted by atomic mass is 32.2. The van der Waals surface area contributed by atoms with Crippen LogP contribution in [0.4, 0.5) is 10.5 Å². The fourth-order valence-corrected chi connectivity index (χ4v) is 8.41. The third-order valence-corrected chi connectivity index (χ3v) is 10.4. The Balaban J connectivity index is 0.000000240. The molecular formula is C25H38N6O3S. The minimum atomic E-state index is -3.80. The van der Waals surface area contributed by atoms with Gasteiger partial charge < -0.3 is 20.4 Å². The molecule has 0 bridgehead atoms. The molecule has 35 heavy (non-hydrogen) atoms. The number of carbonyl (C=O) groups is 1. The summed E-state index contributed by atoms with van der Waals surface area (Å²) in [6.07, 6.45) is 6.18. The van der Waals surface area contributed by atoms with E-state index in [1.807, 2.05) is 7.05 Å². The van der Waals surface area contributed by atoms with Crippen molar-refractivity contribution < 1.29 is 13.2 Å². The predicted molar refractivity (Wildman–Crippen MR) is 136 cm³/mol. The van der Waals surface area contributed by atoms with Crippen molar-refractivity contribution in [3.8, 4) is 0 Å². The number of urea groups is 1. The number of anilines is 1. The molecule has 6 aliphatic rings. The topological polar surface area (TPSA) is 97.0 Å². The molecule has 0 aromatic heterocycles. The minimum Gasteiger partial charge on any atom is -0.312 e. The van der Waals surface area contributed by atoms with E-state index in [1.165, 1.54) is 46.2 Å². The highest BCUT2D eigenvalue weighted by Crippen LogP contribution is 2.39. The van der Waals surface area contributed by atoms with Gasteiger partial charge in [-0.2, -0.15) is 12.7 Å². The Hall–Kier alpha value is -1.72. The maximum atomic E-state index is 12.7. The van der Waals surface area contributed by atoms with Gasteiger partial charge in [0.25, 0.3) is 0 Å². The van der Waals surface area contributed by atoms with E-state index in [1.54, 1.807) is 0 Å². The van der Waals surface area contributed by atoms with Crippen LogP contribution >= 0.6 is 0 Å². The molecule has 2 amide bonds. The molecule has 4 unspecified atom stereocenters. The molecule has 2 aliphatic carbocycles. The van der Waals surface area contributed by atoms with E-state index in [0.717, 1.165) is 69.3 Å². The molecule has 7 rings (SSSR count). The van der Waals surface area contributed by atoms with Crippen LogP contribution in [0.2, 0.25) is 0 Å². The van der Waals surface area contributed by atoms with Crippen molar-refractivity contribution in [1.82, 2.24) is 24.1 Å². The predicted octanol–water partition coefficient (Wildman–Crippen LogP) is 0.796. The van der Waals surface area contributed by atoms with Gasteiger partial charge in [0.2, 0.25) is 0 Å². The van der Waals surface area contributed by atoms with Gasteiger partial charge in [0.1, 0.15) is 0 Å². The van der Waals surface area contributed by atoms with Crippen molar-refractivity contribution >= 4 is 21.9 Å². The molecule has 1 aromatic rings. The molecule has 4 saturated heterocycles. The number of hydrogen-bond acceptors (Lipinski definition) is 6. The molecule has 192 valence electrons. The number of likely N-dealkylation sites (tertiary alicyclic amines) is 2. The lowest BCUT2D eigenvalue weighted by molar-refractivity contribution is 0.146.